The lowest BCUT2D eigenvalue weighted by molar-refractivity contribution is 0.550. The predicted octanol–water partition coefficient (Wildman–Crippen LogP) is 22.4. The Bertz CT molecular complexity index is 5020. The summed E-state index contributed by atoms with van der Waals surface area (Å²) in [6, 6.07) is 122. The normalized spacial score (nSPS) is 15.1. The van der Waals surface area contributed by atoms with Crippen LogP contribution in [0.4, 0.5) is 28.4 Å². The molecule has 0 amide bonds. The van der Waals surface area contributed by atoms with E-state index in [0.29, 0.717) is 0 Å². The van der Waals surface area contributed by atoms with Crippen molar-refractivity contribution in [2.75, 3.05) is 10.2 Å². The zero-order valence-corrected chi connectivity index (χ0v) is 49.4. The van der Waals surface area contributed by atoms with Crippen LogP contribution in [0.15, 0.2) is 322 Å². The molecule has 0 saturated heterocycles. The number of nitrogens with zero attached hydrogens (tertiary/aromatic N) is 1. The SMILES string of the molecule is c1ccc(N2c3ccccc3C(c3ccccc3)(c3ccccc3)c3cccc(-c4cccc5c(-c6cccc7c6-c6ccccc6C76CCCC6)c6cccc(-c7cccc8c7Nc7ccccc7C8(c7ccccc7)c7ccccc7)c6cc45)c32)cc1. The van der Waals surface area contributed by atoms with E-state index in [9.17, 15) is 0 Å². The van der Waals surface area contributed by atoms with E-state index in [0.717, 1.165) is 28.3 Å². The van der Waals surface area contributed by atoms with Crippen LogP contribution >= 0.6 is 0 Å². The van der Waals surface area contributed by atoms with Gasteiger partial charge in [0.25, 0.3) is 0 Å². The minimum absolute atomic E-state index is 0.00198. The van der Waals surface area contributed by atoms with Crippen LogP contribution in [0.2, 0.25) is 0 Å². The molecule has 1 N–H and O–H groups in total. The summed E-state index contributed by atoms with van der Waals surface area (Å²) in [6.07, 6.45) is 4.81. The van der Waals surface area contributed by atoms with Crippen LogP contribution < -0.4 is 10.2 Å². The van der Waals surface area contributed by atoms with Gasteiger partial charge in [0.2, 0.25) is 0 Å². The highest BCUT2D eigenvalue weighted by atomic mass is 15.2. The topological polar surface area (TPSA) is 15.3 Å². The highest BCUT2D eigenvalue weighted by Crippen LogP contribution is 2.63. The van der Waals surface area contributed by atoms with Crippen LogP contribution in [0, 0.1) is 0 Å². The fourth-order valence-corrected chi connectivity index (χ4v) is 17.3. The van der Waals surface area contributed by atoms with Crippen LogP contribution in [-0.4, -0.2) is 0 Å². The molecule has 2 heteroatoms. The molecule has 2 nitrogen and oxygen atoms in total. The smallest absolute Gasteiger partial charge is 0.0742 e. The third kappa shape index (κ3) is 7.26. The number of hydrogen-bond acceptors (Lipinski definition) is 2. The third-order valence-electron chi connectivity index (χ3n) is 20.8. The molecule has 2 aliphatic heterocycles. The Hall–Kier alpha value is -10.8. The van der Waals surface area contributed by atoms with Gasteiger partial charge in [0.15, 0.2) is 0 Å². The zero-order chi connectivity index (χ0) is 58.7. The maximum absolute atomic E-state index is 4.15. The molecule has 2 heterocycles. The van der Waals surface area contributed by atoms with E-state index in [4.69, 9.17) is 0 Å². The fourth-order valence-electron chi connectivity index (χ4n) is 17.3. The van der Waals surface area contributed by atoms with Crippen molar-refractivity contribution < 1.29 is 0 Å². The van der Waals surface area contributed by atoms with E-state index in [2.05, 4.69) is 332 Å². The molecule has 0 aromatic heterocycles. The van der Waals surface area contributed by atoms with Gasteiger partial charge in [0.1, 0.15) is 0 Å². The van der Waals surface area contributed by atoms with E-state index in [-0.39, 0.29) is 5.41 Å². The second-order valence-corrected chi connectivity index (χ2v) is 24.9. The molecular formula is C87H62N2. The van der Waals surface area contributed by atoms with Crippen molar-refractivity contribution in [2.24, 2.45) is 0 Å². The summed E-state index contributed by atoms with van der Waals surface area (Å²) in [5.74, 6) is 0. The highest BCUT2D eigenvalue weighted by molar-refractivity contribution is 6.22. The van der Waals surface area contributed by atoms with E-state index >= 15 is 0 Å². The minimum Gasteiger partial charge on any atom is -0.354 e. The summed E-state index contributed by atoms with van der Waals surface area (Å²) in [5.41, 5.74) is 27.2. The molecule has 0 atom stereocenters. The molecule has 1 fully saturated rings. The van der Waals surface area contributed by atoms with Gasteiger partial charge in [-0.3, -0.25) is 0 Å². The first kappa shape index (κ1) is 51.4. The fraction of sp³-hybridized carbons (Fsp3) is 0.0805. The van der Waals surface area contributed by atoms with Crippen LogP contribution in [0.5, 0.6) is 0 Å². The molecule has 18 rings (SSSR count). The number of benzene rings is 14. The summed E-state index contributed by atoms with van der Waals surface area (Å²) in [4.78, 5) is 2.56. The second kappa shape index (κ2) is 20.1. The molecule has 2 aliphatic carbocycles. The van der Waals surface area contributed by atoms with E-state index < -0.39 is 10.8 Å². The third-order valence-corrected chi connectivity index (χ3v) is 20.8. The Kier molecular flexibility index (Phi) is 11.6. The van der Waals surface area contributed by atoms with Crippen LogP contribution in [-0.2, 0) is 16.2 Å². The molecule has 14 aromatic rings. The zero-order valence-electron chi connectivity index (χ0n) is 49.4. The highest BCUT2D eigenvalue weighted by Gasteiger charge is 2.49. The van der Waals surface area contributed by atoms with Crippen molar-refractivity contribution >= 4 is 50.0 Å². The number of para-hydroxylation sites is 5. The van der Waals surface area contributed by atoms with Crippen molar-refractivity contribution in [2.45, 2.75) is 41.9 Å². The first-order valence-corrected chi connectivity index (χ1v) is 31.7. The Morgan fingerprint density at radius 2 is 0.708 bits per heavy atom. The molecule has 4 aliphatic rings. The molecule has 1 spiro atoms. The first-order chi connectivity index (χ1) is 44.2. The standard InChI is InChI=1S/C87H62N2/c1-6-29-58(30-7-1)86(59-31-8-2-9-32-59)74-48-18-20-53-79(74)88-83-67(44-26-51-77(83)86)63-40-24-42-65-71(63)57-72-64(41-25-43-66(72)81(65)70-46-28-50-76-82(70)69-39-16-17-47-73(69)85(76)55-22-23-56-85)68-45-27-52-78-84(68)89(62-37-14-5-15-38-62)80-54-21-19-49-75(80)87(78,60-33-10-3-11-34-60)61-35-12-4-13-36-61/h1-21,24-54,57,88H,22-23,55-56H2. The maximum Gasteiger partial charge on any atom is 0.0742 e. The molecular weight excluding hydrogens is 1070 g/mol. The lowest BCUT2D eigenvalue weighted by Gasteiger charge is -2.47. The molecule has 1 saturated carbocycles. The quantitative estimate of drug-likeness (QED) is 0.153. The van der Waals surface area contributed by atoms with E-state index in [1.807, 2.05) is 0 Å². The average Bonchev–Trinajstić information content (AvgIpc) is 0.827. The molecule has 0 radical (unpaired) electrons. The molecule has 14 aromatic carbocycles. The second-order valence-electron chi connectivity index (χ2n) is 24.9. The van der Waals surface area contributed by atoms with E-state index in [1.165, 1.54) is 147 Å². The van der Waals surface area contributed by atoms with Crippen molar-refractivity contribution in [3.8, 4) is 44.5 Å². The molecule has 0 bridgehead atoms. The lowest BCUT2D eigenvalue weighted by Crippen LogP contribution is -2.38. The number of anilines is 5. The van der Waals surface area contributed by atoms with E-state index in [1.54, 1.807) is 0 Å². The minimum atomic E-state index is -0.674. The van der Waals surface area contributed by atoms with Crippen LogP contribution in [0.25, 0.3) is 66.1 Å². The van der Waals surface area contributed by atoms with Gasteiger partial charge < -0.3 is 10.2 Å². The maximum atomic E-state index is 4.15. The number of rotatable bonds is 8. The monoisotopic (exact) mass is 1130 g/mol. The Morgan fingerprint density at radius 3 is 1.33 bits per heavy atom. The van der Waals surface area contributed by atoms with Crippen molar-refractivity contribution in [1.29, 1.82) is 0 Å². The van der Waals surface area contributed by atoms with Gasteiger partial charge in [-0.25, -0.2) is 0 Å². The van der Waals surface area contributed by atoms with Gasteiger partial charge in [-0.2, -0.15) is 0 Å². The van der Waals surface area contributed by atoms with Crippen LogP contribution in [0.1, 0.15) is 81.3 Å². The Morgan fingerprint density at radius 1 is 0.281 bits per heavy atom. The van der Waals surface area contributed by atoms with Gasteiger partial charge in [-0.15, -0.1) is 0 Å². The number of nitrogens with one attached hydrogen (secondary N) is 1. The first-order valence-electron chi connectivity index (χ1n) is 31.7. The summed E-state index contributed by atoms with van der Waals surface area (Å²) >= 11 is 0. The molecule has 89 heavy (non-hydrogen) atoms. The Balaban J connectivity index is 0.977. The van der Waals surface area contributed by atoms with Gasteiger partial charge in [-0.1, -0.05) is 304 Å². The van der Waals surface area contributed by atoms with Crippen molar-refractivity contribution in [1.82, 2.24) is 0 Å². The van der Waals surface area contributed by atoms with Gasteiger partial charge in [0.05, 0.1) is 27.9 Å². The van der Waals surface area contributed by atoms with Gasteiger partial charge in [-0.05, 0) is 154 Å². The summed E-state index contributed by atoms with van der Waals surface area (Å²) < 4.78 is 0. The number of hydrogen-bond donors (Lipinski definition) is 1. The molecule has 0 unspecified atom stereocenters. The molecule has 420 valence electrons. The van der Waals surface area contributed by atoms with Crippen molar-refractivity contribution in [3.63, 3.8) is 0 Å². The predicted molar refractivity (Wildman–Crippen MR) is 371 cm³/mol. The Labute approximate surface area is 520 Å². The van der Waals surface area contributed by atoms with Gasteiger partial charge >= 0.3 is 0 Å². The average molecular weight is 1140 g/mol. The summed E-state index contributed by atoms with van der Waals surface area (Å²) in [6.45, 7) is 0. The lowest BCUT2D eigenvalue weighted by atomic mass is 9.62. The van der Waals surface area contributed by atoms with Crippen LogP contribution in [0.3, 0.4) is 0 Å². The summed E-state index contributed by atoms with van der Waals surface area (Å²) in [7, 11) is 0. The number of fused-ring (bicyclic) bond motifs is 11. The summed E-state index contributed by atoms with van der Waals surface area (Å²) in [5, 5.41) is 9.03. The largest absolute Gasteiger partial charge is 0.354 e. The van der Waals surface area contributed by atoms with Crippen molar-refractivity contribution in [3.05, 3.63) is 377 Å². The van der Waals surface area contributed by atoms with Gasteiger partial charge in [0, 0.05) is 27.9 Å².